The summed E-state index contributed by atoms with van der Waals surface area (Å²) in [5.74, 6) is 0.397. The quantitative estimate of drug-likeness (QED) is 0.808. The molecule has 1 nitrogen and oxygen atoms in total. The van der Waals surface area contributed by atoms with E-state index in [1.807, 2.05) is 0 Å². The van der Waals surface area contributed by atoms with E-state index in [9.17, 15) is 4.39 Å². The van der Waals surface area contributed by atoms with Crippen LogP contribution >= 0.6 is 15.9 Å². The number of halogens is 2. The van der Waals surface area contributed by atoms with Gasteiger partial charge in [0, 0.05) is 17.1 Å². The zero-order valence-electron chi connectivity index (χ0n) is 12.0. The van der Waals surface area contributed by atoms with Gasteiger partial charge in [-0.3, -0.25) is 0 Å². The van der Waals surface area contributed by atoms with Crippen LogP contribution < -0.4 is 5.32 Å². The highest BCUT2D eigenvalue weighted by Crippen LogP contribution is 2.34. The summed E-state index contributed by atoms with van der Waals surface area (Å²) in [5.41, 5.74) is 1.22. The van der Waals surface area contributed by atoms with E-state index in [1.165, 1.54) is 18.9 Å². The molecule has 1 N–H and O–H groups in total. The summed E-state index contributed by atoms with van der Waals surface area (Å²) in [6.45, 7) is 7.80. The van der Waals surface area contributed by atoms with Crippen molar-refractivity contribution in [3.8, 4) is 0 Å². The van der Waals surface area contributed by atoms with Crippen LogP contribution in [0.2, 0.25) is 0 Å². The molecule has 1 aliphatic rings. The lowest BCUT2D eigenvalue weighted by Gasteiger charge is -2.35. The fourth-order valence-electron chi connectivity index (χ4n) is 2.25. The van der Waals surface area contributed by atoms with E-state index in [0.717, 1.165) is 23.0 Å². The molecule has 0 aliphatic heterocycles. The molecule has 1 atom stereocenters. The molecule has 0 aromatic heterocycles. The molecule has 3 heteroatoms. The zero-order chi connectivity index (χ0) is 14.0. The number of hydrogen-bond donors (Lipinski definition) is 1. The molecule has 0 spiro atoms. The Morgan fingerprint density at radius 3 is 2.68 bits per heavy atom. The highest BCUT2D eigenvalue weighted by molar-refractivity contribution is 9.10. The summed E-state index contributed by atoms with van der Waals surface area (Å²) in [4.78, 5) is 0. The molecule has 0 saturated heterocycles. The van der Waals surface area contributed by atoms with Crippen molar-refractivity contribution in [3.05, 3.63) is 34.1 Å². The molecule has 1 unspecified atom stereocenters. The lowest BCUT2D eigenvalue weighted by Crippen LogP contribution is -2.39. The minimum absolute atomic E-state index is 0.152. The molecule has 0 radical (unpaired) electrons. The molecule has 0 amide bonds. The fraction of sp³-hybridized carbons (Fsp3) is 0.625. The average molecular weight is 328 g/mol. The first kappa shape index (κ1) is 15.0. The van der Waals surface area contributed by atoms with Gasteiger partial charge in [-0.2, -0.15) is 0 Å². The summed E-state index contributed by atoms with van der Waals surface area (Å²) >= 11 is 3.54. The molecule has 1 saturated carbocycles. The lowest BCUT2D eigenvalue weighted by atomic mass is 9.74. The van der Waals surface area contributed by atoms with Gasteiger partial charge >= 0.3 is 0 Å². The zero-order valence-corrected chi connectivity index (χ0v) is 13.6. The predicted octanol–water partition coefficient (Wildman–Crippen LogP) is 4.55. The van der Waals surface area contributed by atoms with E-state index in [-0.39, 0.29) is 11.2 Å². The first-order valence-corrected chi connectivity index (χ1v) is 7.87. The van der Waals surface area contributed by atoms with Gasteiger partial charge in [-0.05, 0) is 54.4 Å². The molecule has 19 heavy (non-hydrogen) atoms. The molecule has 1 aromatic carbocycles. The second kappa shape index (κ2) is 5.92. The van der Waals surface area contributed by atoms with Gasteiger partial charge in [-0.25, -0.2) is 4.39 Å². The van der Waals surface area contributed by atoms with Crippen molar-refractivity contribution in [3.63, 3.8) is 0 Å². The van der Waals surface area contributed by atoms with Gasteiger partial charge in [0.25, 0.3) is 0 Å². The average Bonchev–Trinajstić information content (AvgIpc) is 3.15. The third-order valence-electron chi connectivity index (χ3n) is 4.37. The molecular weight excluding hydrogens is 305 g/mol. The molecule has 1 aromatic rings. The molecule has 0 bridgehead atoms. The van der Waals surface area contributed by atoms with Gasteiger partial charge in [0.1, 0.15) is 5.82 Å². The molecule has 106 valence electrons. The van der Waals surface area contributed by atoms with Crippen LogP contribution in [-0.4, -0.2) is 12.6 Å². The largest absolute Gasteiger partial charge is 0.313 e. The number of hydrogen-bond acceptors (Lipinski definition) is 1. The minimum Gasteiger partial charge on any atom is -0.313 e. The second-order valence-corrected chi connectivity index (χ2v) is 7.23. The SMILES string of the molecule is CC(C)C(C)(CNC1CC1)Cc1cc(F)ccc1Br. The van der Waals surface area contributed by atoms with E-state index in [2.05, 4.69) is 42.0 Å². The third-order valence-corrected chi connectivity index (χ3v) is 5.14. The van der Waals surface area contributed by atoms with Crippen molar-refractivity contribution in [1.29, 1.82) is 0 Å². The summed E-state index contributed by atoms with van der Waals surface area (Å²) in [6.07, 6.45) is 3.50. The first-order chi connectivity index (χ1) is 8.90. The Hall–Kier alpha value is -0.410. The maximum atomic E-state index is 13.4. The van der Waals surface area contributed by atoms with Crippen LogP contribution in [0.25, 0.3) is 0 Å². The number of benzene rings is 1. The van der Waals surface area contributed by atoms with Crippen molar-refractivity contribution in [1.82, 2.24) is 5.32 Å². The van der Waals surface area contributed by atoms with Crippen molar-refractivity contribution >= 4 is 15.9 Å². The maximum absolute atomic E-state index is 13.4. The highest BCUT2D eigenvalue weighted by atomic mass is 79.9. The van der Waals surface area contributed by atoms with Gasteiger partial charge in [0.2, 0.25) is 0 Å². The van der Waals surface area contributed by atoms with Gasteiger partial charge < -0.3 is 5.32 Å². The van der Waals surface area contributed by atoms with Crippen LogP contribution in [0.5, 0.6) is 0 Å². The Morgan fingerprint density at radius 1 is 1.42 bits per heavy atom. The summed E-state index contributed by atoms with van der Waals surface area (Å²) in [5, 5.41) is 3.62. The molecule has 1 fully saturated rings. The molecule has 1 aliphatic carbocycles. The topological polar surface area (TPSA) is 12.0 Å². The van der Waals surface area contributed by atoms with Crippen molar-refractivity contribution < 1.29 is 4.39 Å². The highest BCUT2D eigenvalue weighted by Gasteiger charge is 2.32. The van der Waals surface area contributed by atoms with E-state index in [4.69, 9.17) is 0 Å². The third kappa shape index (κ3) is 4.03. The van der Waals surface area contributed by atoms with Crippen molar-refractivity contribution in [2.24, 2.45) is 11.3 Å². The van der Waals surface area contributed by atoms with Gasteiger partial charge in [-0.15, -0.1) is 0 Å². The number of nitrogens with one attached hydrogen (secondary N) is 1. The Bertz CT molecular complexity index is 442. The van der Waals surface area contributed by atoms with E-state index >= 15 is 0 Å². The smallest absolute Gasteiger partial charge is 0.123 e. The minimum atomic E-state index is -0.153. The van der Waals surface area contributed by atoms with E-state index in [1.54, 1.807) is 12.1 Å². The Morgan fingerprint density at radius 2 is 2.11 bits per heavy atom. The standard InChI is InChI=1S/C16H23BrFN/c1-11(2)16(3,10-19-14-5-6-14)9-12-8-13(18)4-7-15(12)17/h4,7-8,11,14,19H,5-6,9-10H2,1-3H3. The monoisotopic (exact) mass is 327 g/mol. The second-order valence-electron chi connectivity index (χ2n) is 6.38. The molecular formula is C16H23BrFN. The lowest BCUT2D eigenvalue weighted by molar-refractivity contribution is 0.206. The van der Waals surface area contributed by atoms with Gasteiger partial charge in [0.15, 0.2) is 0 Å². The van der Waals surface area contributed by atoms with E-state index < -0.39 is 0 Å². The van der Waals surface area contributed by atoms with Crippen LogP contribution in [0.3, 0.4) is 0 Å². The number of rotatable bonds is 6. The fourth-order valence-corrected chi connectivity index (χ4v) is 2.64. The van der Waals surface area contributed by atoms with Crippen LogP contribution in [-0.2, 0) is 6.42 Å². The Kier molecular flexibility index (Phi) is 4.67. The summed E-state index contributed by atoms with van der Waals surface area (Å²) < 4.78 is 14.4. The summed E-state index contributed by atoms with van der Waals surface area (Å²) in [7, 11) is 0. The van der Waals surface area contributed by atoms with Crippen LogP contribution in [0.4, 0.5) is 4.39 Å². The van der Waals surface area contributed by atoms with Crippen molar-refractivity contribution in [2.75, 3.05) is 6.54 Å². The van der Waals surface area contributed by atoms with Crippen molar-refractivity contribution in [2.45, 2.75) is 46.1 Å². The predicted molar refractivity (Wildman–Crippen MR) is 81.8 cm³/mol. The normalized spacial score (nSPS) is 18.6. The Labute approximate surface area is 124 Å². The summed E-state index contributed by atoms with van der Waals surface area (Å²) in [6, 6.07) is 5.68. The van der Waals surface area contributed by atoms with Crippen LogP contribution in [0.1, 0.15) is 39.2 Å². The van der Waals surface area contributed by atoms with Gasteiger partial charge in [0.05, 0.1) is 0 Å². The molecule has 0 heterocycles. The first-order valence-electron chi connectivity index (χ1n) is 7.08. The Balaban J connectivity index is 2.11. The van der Waals surface area contributed by atoms with Gasteiger partial charge in [-0.1, -0.05) is 36.7 Å². The molecule has 2 rings (SSSR count). The maximum Gasteiger partial charge on any atom is 0.123 e. The van der Waals surface area contributed by atoms with Crippen LogP contribution in [0.15, 0.2) is 22.7 Å². The van der Waals surface area contributed by atoms with E-state index in [0.29, 0.717) is 12.0 Å². The van der Waals surface area contributed by atoms with Crippen LogP contribution in [0, 0.1) is 17.2 Å².